The van der Waals surface area contributed by atoms with Gasteiger partial charge in [0, 0.05) is 16.6 Å². The van der Waals surface area contributed by atoms with Gasteiger partial charge in [0.2, 0.25) is 0 Å². The van der Waals surface area contributed by atoms with Crippen molar-refractivity contribution in [1.29, 1.82) is 0 Å². The molecule has 1 heterocycles. The Morgan fingerprint density at radius 2 is 1.86 bits per heavy atom. The minimum absolute atomic E-state index is 0.0568. The standard InChI is InChI=1S/C17H16ClFN2O/c1-10(2)21-14-9-4-3-8-13(14)20-17(21)16(22)15-11(18)6-5-7-12(15)19/h3-10,16,22H,1-2H3. The number of nitrogens with zero attached hydrogens (tertiary/aromatic N) is 2. The quantitative estimate of drug-likeness (QED) is 0.772. The molecule has 0 aliphatic heterocycles. The van der Waals surface area contributed by atoms with Crippen molar-refractivity contribution >= 4 is 22.6 Å². The highest BCUT2D eigenvalue weighted by Crippen LogP contribution is 2.33. The summed E-state index contributed by atoms with van der Waals surface area (Å²) in [7, 11) is 0. The van der Waals surface area contributed by atoms with Crippen LogP contribution in [0, 0.1) is 5.82 Å². The molecule has 3 nitrogen and oxygen atoms in total. The van der Waals surface area contributed by atoms with Crippen LogP contribution in [0.25, 0.3) is 11.0 Å². The Bertz CT molecular complexity index is 808. The Labute approximate surface area is 133 Å². The van der Waals surface area contributed by atoms with E-state index in [4.69, 9.17) is 11.6 Å². The average Bonchev–Trinajstić information content (AvgIpc) is 2.86. The zero-order chi connectivity index (χ0) is 15.9. The van der Waals surface area contributed by atoms with Crippen LogP contribution in [-0.4, -0.2) is 14.7 Å². The van der Waals surface area contributed by atoms with Crippen LogP contribution in [0.4, 0.5) is 4.39 Å². The molecule has 5 heteroatoms. The van der Waals surface area contributed by atoms with Gasteiger partial charge in [-0.25, -0.2) is 9.37 Å². The summed E-state index contributed by atoms with van der Waals surface area (Å²) in [6.07, 6.45) is -1.22. The molecule has 0 fully saturated rings. The Balaban J connectivity index is 2.23. The van der Waals surface area contributed by atoms with Gasteiger partial charge in [0.1, 0.15) is 17.7 Å². The van der Waals surface area contributed by atoms with E-state index in [1.54, 1.807) is 6.07 Å². The fourth-order valence-corrected chi connectivity index (χ4v) is 2.97. The van der Waals surface area contributed by atoms with Crippen molar-refractivity contribution in [2.24, 2.45) is 0 Å². The van der Waals surface area contributed by atoms with Crippen molar-refractivity contribution in [2.75, 3.05) is 0 Å². The lowest BCUT2D eigenvalue weighted by atomic mass is 10.1. The van der Waals surface area contributed by atoms with Gasteiger partial charge in [0.05, 0.1) is 11.0 Å². The zero-order valence-corrected chi connectivity index (χ0v) is 13.0. The SMILES string of the molecule is CC(C)n1c(C(O)c2c(F)cccc2Cl)nc2ccccc21. The van der Waals surface area contributed by atoms with Crippen molar-refractivity contribution in [2.45, 2.75) is 26.0 Å². The third-order valence-electron chi connectivity index (χ3n) is 3.66. The molecule has 1 unspecified atom stereocenters. The second-order valence-corrected chi connectivity index (χ2v) is 5.87. The van der Waals surface area contributed by atoms with Crippen molar-refractivity contribution in [3.8, 4) is 0 Å². The van der Waals surface area contributed by atoms with Crippen LogP contribution in [0.3, 0.4) is 0 Å². The predicted octanol–water partition coefficient (Wildman–Crippen LogP) is 4.49. The molecule has 0 amide bonds. The van der Waals surface area contributed by atoms with Crippen molar-refractivity contribution in [3.05, 3.63) is 64.7 Å². The van der Waals surface area contributed by atoms with E-state index in [9.17, 15) is 9.50 Å². The maximum Gasteiger partial charge on any atom is 0.143 e. The van der Waals surface area contributed by atoms with Gasteiger partial charge in [-0.3, -0.25) is 0 Å². The molecule has 0 saturated carbocycles. The molecule has 0 saturated heterocycles. The maximum atomic E-state index is 14.1. The molecule has 3 aromatic rings. The Morgan fingerprint density at radius 3 is 2.55 bits per heavy atom. The normalized spacial score (nSPS) is 13.0. The van der Waals surface area contributed by atoms with E-state index in [1.165, 1.54) is 12.1 Å². The monoisotopic (exact) mass is 318 g/mol. The molecule has 0 aliphatic carbocycles. The van der Waals surface area contributed by atoms with Crippen LogP contribution in [-0.2, 0) is 0 Å². The van der Waals surface area contributed by atoms with E-state index in [2.05, 4.69) is 4.98 Å². The van der Waals surface area contributed by atoms with E-state index in [0.717, 1.165) is 11.0 Å². The molecular weight excluding hydrogens is 303 g/mol. The molecule has 0 radical (unpaired) electrons. The number of aliphatic hydroxyl groups excluding tert-OH is 1. The maximum absolute atomic E-state index is 14.1. The fraction of sp³-hybridized carbons (Fsp3) is 0.235. The number of hydrogen-bond acceptors (Lipinski definition) is 2. The van der Waals surface area contributed by atoms with Crippen LogP contribution in [0.15, 0.2) is 42.5 Å². The number of halogens is 2. The van der Waals surface area contributed by atoms with Gasteiger partial charge in [0.25, 0.3) is 0 Å². The fourth-order valence-electron chi connectivity index (χ4n) is 2.70. The molecule has 2 aromatic carbocycles. The average molecular weight is 319 g/mol. The number of aromatic nitrogens is 2. The van der Waals surface area contributed by atoms with Crippen molar-refractivity contribution in [3.63, 3.8) is 0 Å². The van der Waals surface area contributed by atoms with Gasteiger partial charge in [-0.15, -0.1) is 0 Å². The molecular formula is C17H16ClFN2O. The second kappa shape index (κ2) is 5.71. The summed E-state index contributed by atoms with van der Waals surface area (Å²) in [5.41, 5.74) is 1.72. The predicted molar refractivity (Wildman–Crippen MR) is 85.6 cm³/mol. The van der Waals surface area contributed by atoms with Gasteiger partial charge in [-0.1, -0.05) is 29.8 Å². The number of para-hydroxylation sites is 2. The van der Waals surface area contributed by atoms with Crippen molar-refractivity contribution in [1.82, 2.24) is 9.55 Å². The minimum atomic E-state index is -1.22. The van der Waals surface area contributed by atoms with Gasteiger partial charge >= 0.3 is 0 Å². The van der Waals surface area contributed by atoms with E-state index in [-0.39, 0.29) is 16.6 Å². The summed E-state index contributed by atoms with van der Waals surface area (Å²) in [6.45, 7) is 3.99. The number of aliphatic hydroxyl groups is 1. The van der Waals surface area contributed by atoms with Crippen LogP contribution >= 0.6 is 11.6 Å². The molecule has 22 heavy (non-hydrogen) atoms. The molecule has 0 bridgehead atoms. The summed E-state index contributed by atoms with van der Waals surface area (Å²) < 4.78 is 16.0. The third-order valence-corrected chi connectivity index (χ3v) is 3.99. The minimum Gasteiger partial charge on any atom is -0.380 e. The van der Waals surface area contributed by atoms with E-state index < -0.39 is 11.9 Å². The molecule has 1 atom stereocenters. The number of rotatable bonds is 3. The van der Waals surface area contributed by atoms with E-state index >= 15 is 0 Å². The Morgan fingerprint density at radius 1 is 1.14 bits per heavy atom. The van der Waals surface area contributed by atoms with Gasteiger partial charge in [-0.2, -0.15) is 0 Å². The largest absolute Gasteiger partial charge is 0.380 e. The zero-order valence-electron chi connectivity index (χ0n) is 12.3. The number of hydrogen-bond donors (Lipinski definition) is 1. The molecule has 0 aliphatic rings. The Hall–Kier alpha value is -1.91. The van der Waals surface area contributed by atoms with Crippen LogP contribution in [0.1, 0.15) is 37.4 Å². The molecule has 3 rings (SSSR count). The van der Waals surface area contributed by atoms with E-state index in [1.807, 2.05) is 42.7 Å². The number of fused-ring (bicyclic) bond motifs is 1. The second-order valence-electron chi connectivity index (χ2n) is 5.46. The summed E-state index contributed by atoms with van der Waals surface area (Å²) >= 11 is 6.07. The summed E-state index contributed by atoms with van der Waals surface area (Å²) in [4.78, 5) is 4.48. The van der Waals surface area contributed by atoms with Gasteiger partial charge < -0.3 is 9.67 Å². The first-order chi connectivity index (χ1) is 10.5. The summed E-state index contributed by atoms with van der Waals surface area (Å²) in [5, 5.41) is 10.9. The first kappa shape index (κ1) is 15.0. The highest BCUT2D eigenvalue weighted by atomic mass is 35.5. The molecule has 1 aromatic heterocycles. The molecule has 0 spiro atoms. The third kappa shape index (κ3) is 2.38. The lowest BCUT2D eigenvalue weighted by molar-refractivity contribution is 0.198. The Kier molecular flexibility index (Phi) is 3.89. The highest BCUT2D eigenvalue weighted by Gasteiger charge is 2.25. The molecule has 1 N–H and O–H groups in total. The number of imidazole rings is 1. The van der Waals surface area contributed by atoms with E-state index in [0.29, 0.717) is 5.82 Å². The lowest BCUT2D eigenvalue weighted by Crippen LogP contribution is -2.13. The first-order valence-electron chi connectivity index (χ1n) is 7.09. The van der Waals surface area contributed by atoms with Crippen molar-refractivity contribution < 1.29 is 9.50 Å². The van der Waals surface area contributed by atoms with Crippen LogP contribution in [0.5, 0.6) is 0 Å². The van der Waals surface area contributed by atoms with Crippen LogP contribution < -0.4 is 0 Å². The van der Waals surface area contributed by atoms with Gasteiger partial charge in [0.15, 0.2) is 0 Å². The molecule has 114 valence electrons. The summed E-state index contributed by atoms with van der Waals surface area (Å²) in [5.74, 6) is -0.148. The smallest absolute Gasteiger partial charge is 0.143 e. The summed E-state index contributed by atoms with van der Waals surface area (Å²) in [6, 6.07) is 12.0. The number of benzene rings is 2. The van der Waals surface area contributed by atoms with Gasteiger partial charge in [-0.05, 0) is 38.1 Å². The topological polar surface area (TPSA) is 38.0 Å². The first-order valence-corrected chi connectivity index (χ1v) is 7.47. The van der Waals surface area contributed by atoms with Crippen LogP contribution in [0.2, 0.25) is 5.02 Å². The highest BCUT2D eigenvalue weighted by molar-refractivity contribution is 6.31. The lowest BCUT2D eigenvalue weighted by Gasteiger charge is -2.18.